The predicted molar refractivity (Wildman–Crippen MR) is 150 cm³/mol. The number of nitrogens with zero attached hydrogens (tertiary/aromatic N) is 6. The number of rotatable bonds is 13. The topological polar surface area (TPSA) is 120 Å². The highest BCUT2D eigenvalue weighted by Gasteiger charge is 2.38. The number of nitrogens with one attached hydrogen (secondary N) is 1. The molecule has 3 heterocycles. The first-order valence-corrected chi connectivity index (χ1v) is 14.2. The van der Waals surface area contributed by atoms with Crippen molar-refractivity contribution in [2.45, 2.75) is 71.5 Å². The molecule has 210 valence electrons. The minimum atomic E-state index is -1.48. The summed E-state index contributed by atoms with van der Waals surface area (Å²) < 4.78 is 37.1. The highest BCUT2D eigenvalue weighted by molar-refractivity contribution is 7.44. The predicted octanol–water partition coefficient (Wildman–Crippen LogP) is 5.04. The summed E-state index contributed by atoms with van der Waals surface area (Å²) in [6, 6.07) is 12.5. The van der Waals surface area contributed by atoms with Crippen molar-refractivity contribution in [2.75, 3.05) is 31.7 Å². The number of aromatic nitrogens is 4. The van der Waals surface area contributed by atoms with Crippen LogP contribution in [0.4, 0.5) is 5.82 Å². The van der Waals surface area contributed by atoms with Crippen LogP contribution in [0.15, 0.2) is 43.0 Å². The Morgan fingerprint density at radius 3 is 2.74 bits per heavy atom. The molecule has 39 heavy (non-hydrogen) atoms. The molecule has 0 aliphatic carbocycles. The van der Waals surface area contributed by atoms with Crippen molar-refractivity contribution in [1.29, 1.82) is 5.26 Å². The number of ether oxygens (including phenoxy) is 2. The summed E-state index contributed by atoms with van der Waals surface area (Å²) in [5, 5.41) is 12.3. The van der Waals surface area contributed by atoms with Gasteiger partial charge in [-0.25, -0.2) is 19.6 Å². The third-order valence-electron chi connectivity index (χ3n) is 6.08. The van der Waals surface area contributed by atoms with Crippen molar-refractivity contribution >= 4 is 25.5 Å². The van der Waals surface area contributed by atoms with Gasteiger partial charge in [-0.3, -0.25) is 4.57 Å². The van der Waals surface area contributed by atoms with E-state index in [1.807, 2.05) is 34.9 Å². The maximum absolute atomic E-state index is 8.98. The van der Waals surface area contributed by atoms with Gasteiger partial charge in [-0.1, -0.05) is 30.3 Å². The number of imidazole rings is 1. The molecule has 1 fully saturated rings. The Kier molecular flexibility index (Phi) is 9.69. The molecule has 4 rings (SSSR count). The lowest BCUT2D eigenvalue weighted by Gasteiger charge is -2.41. The third kappa shape index (κ3) is 7.48. The largest absolute Gasteiger partial charge is 0.374 e. The van der Waals surface area contributed by atoms with Gasteiger partial charge in [0.2, 0.25) is 0 Å². The molecule has 3 aromatic rings. The standard InChI is InChI=1S/C27H38N7O4P/c1-20(2)34(21(3)4)39(36-13-9-12-28)37-17-27(5)16-35-15-23(38-27)33-19-32-24-25(30-18-31-26(24)33)29-14-22-10-7-6-8-11-22/h6-8,10-11,18-21,23H,9,13-17H2,1-5H3,(H,29,30,31)/t23-,27+,39?/m1/s1/i5D. The SMILES string of the molecule is [2H]C[C@@]1(COP(OCCC#N)N(C(C)C)C(C)C)COC[C@H](n2cnc3c(NCc4ccccc4)ncnc32)O1. The number of fused-ring (bicyclic) bond motifs is 1. The van der Waals surface area contributed by atoms with E-state index >= 15 is 0 Å². The summed E-state index contributed by atoms with van der Waals surface area (Å²) in [5.41, 5.74) is 1.34. The lowest BCUT2D eigenvalue weighted by atomic mass is 10.1. The Morgan fingerprint density at radius 2 is 2.03 bits per heavy atom. The smallest absolute Gasteiger partial charge is 0.259 e. The number of hydrogen-bond acceptors (Lipinski definition) is 10. The average Bonchev–Trinajstić information content (AvgIpc) is 3.40. The first-order chi connectivity index (χ1) is 19.4. The van der Waals surface area contributed by atoms with E-state index < -0.39 is 20.4 Å². The summed E-state index contributed by atoms with van der Waals surface area (Å²) >= 11 is 0. The molecule has 1 unspecified atom stereocenters. The van der Waals surface area contributed by atoms with Crippen molar-refractivity contribution in [3.8, 4) is 6.07 Å². The van der Waals surface area contributed by atoms with Gasteiger partial charge in [0.1, 0.15) is 11.9 Å². The molecule has 0 radical (unpaired) electrons. The Hall–Kier alpha value is -2.71. The van der Waals surface area contributed by atoms with Crippen LogP contribution in [0, 0.1) is 11.3 Å². The monoisotopic (exact) mass is 556 g/mol. The molecule has 1 N–H and O–H groups in total. The van der Waals surface area contributed by atoms with Gasteiger partial charge in [0.25, 0.3) is 8.53 Å². The van der Waals surface area contributed by atoms with Gasteiger partial charge >= 0.3 is 0 Å². The molecule has 1 aliphatic heterocycles. The highest BCUT2D eigenvalue weighted by Crippen LogP contribution is 2.47. The van der Waals surface area contributed by atoms with E-state index in [2.05, 4.69) is 58.7 Å². The summed E-state index contributed by atoms with van der Waals surface area (Å²) in [5.74, 6) is 0.627. The molecule has 2 aromatic heterocycles. The zero-order valence-corrected chi connectivity index (χ0v) is 23.9. The molecule has 0 saturated carbocycles. The maximum Gasteiger partial charge on any atom is 0.259 e. The Balaban J connectivity index is 1.49. The fourth-order valence-corrected chi connectivity index (χ4v) is 6.06. The van der Waals surface area contributed by atoms with Crippen molar-refractivity contribution in [2.24, 2.45) is 0 Å². The first-order valence-electron chi connectivity index (χ1n) is 13.8. The van der Waals surface area contributed by atoms with E-state index in [1.54, 1.807) is 6.33 Å². The molecular formula is C27H38N7O4P. The number of nitriles is 1. The van der Waals surface area contributed by atoms with Crippen molar-refractivity contribution in [1.82, 2.24) is 24.2 Å². The second-order valence-corrected chi connectivity index (χ2v) is 11.4. The van der Waals surface area contributed by atoms with Gasteiger partial charge in [0.15, 0.2) is 23.2 Å². The quantitative estimate of drug-likeness (QED) is 0.227. The van der Waals surface area contributed by atoms with Crippen LogP contribution >= 0.6 is 8.53 Å². The molecule has 12 heteroatoms. The summed E-state index contributed by atoms with van der Waals surface area (Å²) in [7, 11) is -1.48. The second kappa shape index (κ2) is 13.6. The second-order valence-electron chi connectivity index (χ2n) is 9.98. The zero-order valence-electron chi connectivity index (χ0n) is 24.0. The van der Waals surface area contributed by atoms with E-state index in [9.17, 15) is 0 Å². The van der Waals surface area contributed by atoms with Gasteiger partial charge in [-0.15, -0.1) is 0 Å². The van der Waals surface area contributed by atoms with E-state index in [1.165, 1.54) is 6.33 Å². The molecule has 1 aliphatic rings. The van der Waals surface area contributed by atoms with Gasteiger partial charge in [0.05, 0.1) is 45.2 Å². The van der Waals surface area contributed by atoms with Gasteiger partial charge in [-0.05, 0) is 40.2 Å². The summed E-state index contributed by atoms with van der Waals surface area (Å²) in [6.45, 7) is 9.72. The average molecular weight is 557 g/mol. The third-order valence-corrected chi connectivity index (χ3v) is 8.14. The molecule has 1 saturated heterocycles. The number of benzene rings is 1. The van der Waals surface area contributed by atoms with Crippen molar-refractivity contribution in [3.05, 3.63) is 48.5 Å². The van der Waals surface area contributed by atoms with Gasteiger partial charge in [-0.2, -0.15) is 5.26 Å². The van der Waals surface area contributed by atoms with Crippen LogP contribution in [-0.4, -0.2) is 68.3 Å². The molecular weight excluding hydrogens is 517 g/mol. The minimum absolute atomic E-state index is 0.0697. The van der Waals surface area contributed by atoms with Crippen LogP contribution in [-0.2, 0) is 25.1 Å². The number of hydrogen-bond donors (Lipinski definition) is 1. The molecule has 0 bridgehead atoms. The Bertz CT molecular complexity index is 1250. The minimum Gasteiger partial charge on any atom is -0.374 e. The Labute approximate surface area is 232 Å². The first kappa shape index (κ1) is 27.8. The molecule has 3 atom stereocenters. The van der Waals surface area contributed by atoms with Crippen molar-refractivity contribution < 1.29 is 19.9 Å². The van der Waals surface area contributed by atoms with E-state index in [0.717, 1.165) is 5.56 Å². The Morgan fingerprint density at radius 1 is 1.23 bits per heavy atom. The van der Waals surface area contributed by atoms with Crippen LogP contribution in [0.1, 0.15) is 54.2 Å². The van der Waals surface area contributed by atoms with Gasteiger partial charge < -0.3 is 23.8 Å². The number of anilines is 1. The van der Waals surface area contributed by atoms with Crippen LogP contribution in [0.5, 0.6) is 0 Å². The fourth-order valence-electron chi connectivity index (χ4n) is 4.38. The van der Waals surface area contributed by atoms with E-state index in [0.29, 0.717) is 23.5 Å². The lowest BCUT2D eigenvalue weighted by molar-refractivity contribution is -0.225. The van der Waals surface area contributed by atoms with Crippen molar-refractivity contribution in [3.63, 3.8) is 0 Å². The zero-order chi connectivity index (χ0) is 28.5. The normalized spacial score (nSPS) is 20.9. The van der Waals surface area contributed by atoms with Crippen LogP contribution in [0.3, 0.4) is 0 Å². The van der Waals surface area contributed by atoms with Crippen LogP contribution < -0.4 is 5.32 Å². The molecule has 11 nitrogen and oxygen atoms in total. The van der Waals surface area contributed by atoms with Crippen LogP contribution in [0.25, 0.3) is 11.2 Å². The van der Waals surface area contributed by atoms with E-state index in [-0.39, 0.29) is 51.8 Å². The highest BCUT2D eigenvalue weighted by atomic mass is 31.2. The molecule has 0 amide bonds. The summed E-state index contributed by atoms with van der Waals surface area (Å²) in [4.78, 5) is 13.4. The molecule has 1 aromatic carbocycles. The fraction of sp³-hybridized carbons (Fsp3) is 0.556. The lowest BCUT2D eigenvalue weighted by Crippen LogP contribution is -2.47. The van der Waals surface area contributed by atoms with Gasteiger partial charge in [0, 0.05) is 20.0 Å². The van der Waals surface area contributed by atoms with Crippen LogP contribution in [0.2, 0.25) is 0 Å². The molecule has 0 spiro atoms. The van der Waals surface area contributed by atoms with E-state index in [4.69, 9.17) is 25.2 Å². The summed E-state index contributed by atoms with van der Waals surface area (Å²) in [6.07, 6.45) is 2.88. The maximum atomic E-state index is 8.98.